The third kappa shape index (κ3) is 7.96. The third-order valence-electron chi connectivity index (χ3n) is 1.61. The van der Waals surface area contributed by atoms with Gasteiger partial charge in [0.15, 0.2) is 5.78 Å². The van der Waals surface area contributed by atoms with Crippen molar-refractivity contribution in [2.45, 2.75) is 18.3 Å². The van der Waals surface area contributed by atoms with E-state index in [0.717, 1.165) is 0 Å². The van der Waals surface area contributed by atoms with E-state index in [1.54, 1.807) is 0 Å². The molecule has 0 aromatic carbocycles. The molecule has 0 heterocycles. The van der Waals surface area contributed by atoms with Gasteiger partial charge in [0.1, 0.15) is 24.9 Å². The molecule has 0 saturated carbocycles. The van der Waals surface area contributed by atoms with Crippen molar-refractivity contribution in [2.24, 2.45) is 0 Å². The van der Waals surface area contributed by atoms with Crippen molar-refractivity contribution in [3.8, 4) is 0 Å². The van der Waals surface area contributed by atoms with E-state index in [4.69, 9.17) is 20.4 Å². The molecule has 0 saturated heterocycles. The molecule has 105 valence electrons. The van der Waals surface area contributed by atoms with Gasteiger partial charge in [-0.3, -0.25) is 4.79 Å². The number of aliphatic hydroxyl groups excluding tert-OH is 4. The number of rotatable bonds is 7. The van der Waals surface area contributed by atoms with Crippen molar-refractivity contribution in [3.05, 3.63) is 0 Å². The number of ketones is 1. The number of carbonyl (C=O) groups excluding carboxylic acids is 1. The second-order valence-corrected chi connectivity index (χ2v) is 4.02. The molecule has 11 heteroatoms. The van der Waals surface area contributed by atoms with E-state index in [9.17, 15) is 19.1 Å². The monoisotopic (exact) mass is 321 g/mol. The summed E-state index contributed by atoms with van der Waals surface area (Å²) in [6.07, 6.45) is -6.12. The molecule has 0 aromatic rings. The maximum absolute atomic E-state index is 10.7. The number of phosphoric ester groups is 1. The van der Waals surface area contributed by atoms with Crippen molar-refractivity contribution in [3.63, 3.8) is 0 Å². The Morgan fingerprint density at radius 1 is 1.29 bits per heavy atom. The molecule has 0 fully saturated rings. The van der Waals surface area contributed by atoms with Gasteiger partial charge < -0.3 is 39.3 Å². The van der Waals surface area contributed by atoms with Gasteiger partial charge in [-0.05, 0) is 0 Å². The van der Waals surface area contributed by atoms with Crippen LogP contribution in [-0.4, -0.2) is 57.7 Å². The second kappa shape index (κ2) is 8.28. The molecule has 4 N–H and O–H groups in total. The summed E-state index contributed by atoms with van der Waals surface area (Å²) in [7, 11) is -5.31. The Bertz CT molecular complexity index is 279. The normalized spacial score (nSPS) is 16.8. The molecular formula is C6H11CuO9P. The predicted molar refractivity (Wildman–Crippen MR) is 43.7 cm³/mol. The van der Waals surface area contributed by atoms with Gasteiger partial charge in [0.2, 0.25) is 0 Å². The maximum atomic E-state index is 10.7. The van der Waals surface area contributed by atoms with Gasteiger partial charge in [-0.2, -0.15) is 0 Å². The molecule has 3 unspecified atom stereocenters. The van der Waals surface area contributed by atoms with Gasteiger partial charge in [0.05, 0.1) is 14.4 Å². The molecule has 0 aliphatic carbocycles. The van der Waals surface area contributed by atoms with Crippen LogP contribution in [0.1, 0.15) is 0 Å². The Labute approximate surface area is 107 Å². The molecule has 0 amide bonds. The molecule has 0 aliphatic rings. The summed E-state index contributed by atoms with van der Waals surface area (Å²) in [4.78, 5) is 30.7. The molecule has 3 atom stereocenters. The first-order valence-electron chi connectivity index (χ1n) is 4.03. The van der Waals surface area contributed by atoms with E-state index in [0.29, 0.717) is 0 Å². The van der Waals surface area contributed by atoms with E-state index < -0.39 is 45.1 Å². The molecule has 0 spiro atoms. The standard InChI is InChI=1S/C6H13O9P.Cu/c7-1-3(8)5(10)6(11)4(9)2-15-16(12,13)14;/h4-7,9-11H,1-2H2,(H2,12,13,14);/q;+2/p-2. The van der Waals surface area contributed by atoms with Crippen LogP contribution >= 0.6 is 7.82 Å². The number of carbonyl (C=O) groups is 1. The van der Waals surface area contributed by atoms with Gasteiger partial charge in [-0.1, -0.05) is 0 Å². The van der Waals surface area contributed by atoms with E-state index in [1.165, 1.54) is 0 Å². The Hall–Kier alpha value is 0.139. The van der Waals surface area contributed by atoms with Crippen LogP contribution in [0.25, 0.3) is 0 Å². The molecule has 17 heavy (non-hydrogen) atoms. The van der Waals surface area contributed by atoms with Crippen LogP contribution in [0.3, 0.4) is 0 Å². The zero-order chi connectivity index (χ0) is 12.9. The number of hydrogen-bond acceptors (Lipinski definition) is 9. The van der Waals surface area contributed by atoms with Crippen LogP contribution in [0, 0.1) is 0 Å². The minimum atomic E-state index is -5.31. The predicted octanol–water partition coefficient (Wildman–Crippen LogP) is -4.53. The van der Waals surface area contributed by atoms with Crippen molar-refractivity contribution < 1.29 is 61.2 Å². The molecule has 0 aromatic heterocycles. The summed E-state index contributed by atoms with van der Waals surface area (Å²) in [6, 6.07) is 0. The molecule has 9 nitrogen and oxygen atoms in total. The summed E-state index contributed by atoms with van der Waals surface area (Å²) in [5.41, 5.74) is 0. The van der Waals surface area contributed by atoms with E-state index in [2.05, 4.69) is 4.52 Å². The smallest absolute Gasteiger partial charge is 0.790 e. The number of aliphatic hydroxyl groups is 4. The summed E-state index contributed by atoms with van der Waals surface area (Å²) >= 11 is 0. The first kappa shape index (κ1) is 19.5. The van der Waals surface area contributed by atoms with E-state index >= 15 is 0 Å². The Morgan fingerprint density at radius 3 is 2.12 bits per heavy atom. The van der Waals surface area contributed by atoms with Crippen molar-refractivity contribution >= 4 is 13.6 Å². The van der Waals surface area contributed by atoms with Crippen molar-refractivity contribution in [1.82, 2.24) is 0 Å². The van der Waals surface area contributed by atoms with Crippen LogP contribution in [0.5, 0.6) is 0 Å². The second-order valence-electron chi connectivity index (χ2n) is 2.87. The number of Topliss-reactive ketones (excluding diaryl/α,β-unsaturated/α-hetero) is 1. The minimum Gasteiger partial charge on any atom is -0.790 e. The Balaban J connectivity index is 0. The Kier molecular flexibility index (Phi) is 9.48. The largest absolute Gasteiger partial charge is 2.00 e. The number of phosphoric acid groups is 1. The number of hydrogen-bond donors (Lipinski definition) is 4. The quantitative estimate of drug-likeness (QED) is 0.266. The first-order chi connectivity index (χ1) is 7.19. The summed E-state index contributed by atoms with van der Waals surface area (Å²) < 4.78 is 13.6. The summed E-state index contributed by atoms with van der Waals surface area (Å²) in [5, 5.41) is 35.4. The maximum Gasteiger partial charge on any atom is 2.00 e. The van der Waals surface area contributed by atoms with Crippen molar-refractivity contribution in [2.75, 3.05) is 13.2 Å². The first-order valence-corrected chi connectivity index (χ1v) is 5.49. The average molecular weight is 322 g/mol. The molecule has 0 rings (SSSR count). The van der Waals surface area contributed by atoms with Crippen LogP contribution in [0.15, 0.2) is 0 Å². The van der Waals surface area contributed by atoms with E-state index in [1.807, 2.05) is 0 Å². The summed E-state index contributed by atoms with van der Waals surface area (Å²) in [5.74, 6) is -1.17. The fourth-order valence-corrected chi connectivity index (χ4v) is 1.10. The summed E-state index contributed by atoms with van der Waals surface area (Å²) in [6.45, 7) is -2.16. The topological polar surface area (TPSA) is 170 Å². The molecule has 1 radical (unpaired) electrons. The Morgan fingerprint density at radius 2 is 1.76 bits per heavy atom. The van der Waals surface area contributed by atoms with Crippen LogP contribution in [-0.2, 0) is 31.0 Å². The fourth-order valence-electron chi connectivity index (χ4n) is 0.761. The third-order valence-corrected chi connectivity index (χ3v) is 2.07. The van der Waals surface area contributed by atoms with Gasteiger partial charge in [0, 0.05) is 0 Å². The van der Waals surface area contributed by atoms with Crippen molar-refractivity contribution in [1.29, 1.82) is 0 Å². The zero-order valence-electron chi connectivity index (χ0n) is 8.23. The van der Waals surface area contributed by atoms with Crippen LogP contribution in [0.4, 0.5) is 0 Å². The SMILES string of the molecule is O=C(CO)C(O)C(O)C(O)COP(=O)([O-])[O-].[Cu+2]. The molecule has 0 aliphatic heterocycles. The average Bonchev–Trinajstić information content (AvgIpc) is 2.21. The van der Waals surface area contributed by atoms with Gasteiger partial charge >= 0.3 is 17.1 Å². The van der Waals surface area contributed by atoms with E-state index in [-0.39, 0.29) is 17.1 Å². The molecular weight excluding hydrogens is 311 g/mol. The van der Waals surface area contributed by atoms with Gasteiger partial charge in [0.25, 0.3) is 0 Å². The fraction of sp³-hybridized carbons (Fsp3) is 0.833. The molecule has 0 bridgehead atoms. The minimum absolute atomic E-state index is 0. The van der Waals surface area contributed by atoms with Crippen LogP contribution < -0.4 is 9.79 Å². The van der Waals surface area contributed by atoms with Gasteiger partial charge in [-0.15, -0.1) is 0 Å². The van der Waals surface area contributed by atoms with Crippen LogP contribution in [0.2, 0.25) is 0 Å². The van der Waals surface area contributed by atoms with Gasteiger partial charge in [-0.25, -0.2) is 0 Å². The zero-order valence-corrected chi connectivity index (χ0v) is 10.1.